The van der Waals surface area contributed by atoms with Gasteiger partial charge in [-0.25, -0.2) is 0 Å². The molecule has 1 aliphatic rings. The normalized spacial score (nSPS) is 25.0. The fraction of sp³-hybridized carbons (Fsp3) is 0.778. The van der Waals surface area contributed by atoms with Crippen LogP contribution in [0.1, 0.15) is 32.6 Å². The minimum absolute atomic E-state index is 0.946. The molecule has 0 amide bonds. The summed E-state index contributed by atoms with van der Waals surface area (Å²) < 4.78 is 1.32. The van der Waals surface area contributed by atoms with E-state index in [1.165, 1.54) is 30.1 Å². The van der Waals surface area contributed by atoms with Crippen LogP contribution in [0.4, 0.5) is 0 Å². The third kappa shape index (κ3) is 1.97. The summed E-state index contributed by atoms with van der Waals surface area (Å²) >= 11 is 2.48. The summed E-state index contributed by atoms with van der Waals surface area (Å²) in [5.41, 5.74) is 1.72. The molecule has 0 fully saturated rings. The first-order valence-corrected chi connectivity index (χ1v) is 5.66. The zero-order valence-electron chi connectivity index (χ0n) is 6.57. The van der Waals surface area contributed by atoms with Crippen LogP contribution in [0, 0.1) is 5.92 Å². The van der Waals surface area contributed by atoms with Crippen molar-refractivity contribution in [3.05, 3.63) is 11.6 Å². The SMILES string of the molecule is CCC1=CCCC1CCI. The number of halogens is 1. The minimum Gasteiger partial charge on any atom is -0.0864 e. The molecule has 0 aliphatic heterocycles. The Hall–Kier alpha value is 0.470. The predicted molar refractivity (Wildman–Crippen MR) is 54.6 cm³/mol. The molecular formula is C9H15I. The van der Waals surface area contributed by atoms with Crippen LogP contribution in [-0.2, 0) is 0 Å². The van der Waals surface area contributed by atoms with E-state index in [9.17, 15) is 0 Å². The van der Waals surface area contributed by atoms with Crippen molar-refractivity contribution in [3.8, 4) is 0 Å². The van der Waals surface area contributed by atoms with Gasteiger partial charge in [0.2, 0.25) is 0 Å². The summed E-state index contributed by atoms with van der Waals surface area (Å²) in [6.07, 6.45) is 7.88. The summed E-state index contributed by atoms with van der Waals surface area (Å²) in [6.45, 7) is 2.28. The molecular weight excluding hydrogens is 235 g/mol. The van der Waals surface area contributed by atoms with Crippen molar-refractivity contribution >= 4 is 22.6 Å². The van der Waals surface area contributed by atoms with Crippen molar-refractivity contribution in [1.29, 1.82) is 0 Å². The Morgan fingerprint density at radius 1 is 1.70 bits per heavy atom. The fourth-order valence-electron chi connectivity index (χ4n) is 1.72. The third-order valence-electron chi connectivity index (χ3n) is 2.31. The maximum absolute atomic E-state index is 2.48. The maximum Gasteiger partial charge on any atom is 0.0000976 e. The Kier molecular flexibility index (Phi) is 3.74. The monoisotopic (exact) mass is 250 g/mol. The lowest BCUT2D eigenvalue weighted by Crippen LogP contribution is -1.98. The van der Waals surface area contributed by atoms with Gasteiger partial charge in [-0.3, -0.25) is 0 Å². The molecule has 0 radical (unpaired) electrons. The molecule has 1 unspecified atom stereocenters. The quantitative estimate of drug-likeness (QED) is 0.408. The van der Waals surface area contributed by atoms with Gasteiger partial charge in [0.05, 0.1) is 0 Å². The van der Waals surface area contributed by atoms with Gasteiger partial charge >= 0.3 is 0 Å². The summed E-state index contributed by atoms with van der Waals surface area (Å²) in [4.78, 5) is 0. The van der Waals surface area contributed by atoms with E-state index in [0.717, 1.165) is 5.92 Å². The van der Waals surface area contributed by atoms with Crippen molar-refractivity contribution < 1.29 is 0 Å². The highest BCUT2D eigenvalue weighted by Gasteiger charge is 2.15. The largest absolute Gasteiger partial charge is 0.0864 e. The van der Waals surface area contributed by atoms with Crippen molar-refractivity contribution in [1.82, 2.24) is 0 Å². The van der Waals surface area contributed by atoms with E-state index in [0.29, 0.717) is 0 Å². The topological polar surface area (TPSA) is 0 Å². The molecule has 1 atom stereocenters. The van der Waals surface area contributed by atoms with Crippen molar-refractivity contribution in [2.45, 2.75) is 32.6 Å². The average molecular weight is 250 g/mol. The molecule has 0 saturated carbocycles. The Balaban J connectivity index is 2.38. The smallest absolute Gasteiger partial charge is 0.0000976 e. The van der Waals surface area contributed by atoms with Crippen LogP contribution in [-0.4, -0.2) is 4.43 Å². The van der Waals surface area contributed by atoms with Crippen LogP contribution in [0.2, 0.25) is 0 Å². The lowest BCUT2D eigenvalue weighted by atomic mass is 9.97. The first kappa shape index (κ1) is 8.57. The number of alkyl halides is 1. The molecule has 0 aromatic carbocycles. The zero-order chi connectivity index (χ0) is 7.40. The highest BCUT2D eigenvalue weighted by molar-refractivity contribution is 14.1. The molecule has 10 heavy (non-hydrogen) atoms. The summed E-state index contributed by atoms with van der Waals surface area (Å²) in [5, 5.41) is 0. The van der Waals surface area contributed by atoms with E-state index >= 15 is 0 Å². The average Bonchev–Trinajstić information content (AvgIpc) is 2.36. The lowest BCUT2D eigenvalue weighted by molar-refractivity contribution is 0.580. The summed E-state index contributed by atoms with van der Waals surface area (Å²) in [5.74, 6) is 0.946. The number of hydrogen-bond donors (Lipinski definition) is 0. The molecule has 0 aromatic rings. The van der Waals surface area contributed by atoms with Gasteiger partial charge in [-0.05, 0) is 31.6 Å². The third-order valence-corrected chi connectivity index (χ3v) is 2.93. The van der Waals surface area contributed by atoms with Gasteiger partial charge in [-0.2, -0.15) is 0 Å². The Morgan fingerprint density at radius 2 is 2.50 bits per heavy atom. The molecule has 1 heteroatoms. The van der Waals surface area contributed by atoms with Crippen molar-refractivity contribution in [2.75, 3.05) is 4.43 Å². The van der Waals surface area contributed by atoms with E-state index in [1.54, 1.807) is 5.57 Å². The number of rotatable bonds is 3. The molecule has 0 saturated heterocycles. The van der Waals surface area contributed by atoms with E-state index in [1.807, 2.05) is 0 Å². The Bertz CT molecular complexity index is 127. The zero-order valence-corrected chi connectivity index (χ0v) is 8.73. The van der Waals surface area contributed by atoms with Crippen LogP contribution < -0.4 is 0 Å². The fourth-order valence-corrected chi connectivity index (χ4v) is 2.47. The maximum atomic E-state index is 2.48. The van der Waals surface area contributed by atoms with E-state index < -0.39 is 0 Å². The second kappa shape index (κ2) is 4.37. The van der Waals surface area contributed by atoms with E-state index in [-0.39, 0.29) is 0 Å². The lowest BCUT2D eigenvalue weighted by Gasteiger charge is -2.10. The van der Waals surface area contributed by atoms with Gasteiger partial charge < -0.3 is 0 Å². The van der Waals surface area contributed by atoms with Gasteiger partial charge in [0.1, 0.15) is 0 Å². The van der Waals surface area contributed by atoms with Crippen LogP contribution in [0.3, 0.4) is 0 Å². The van der Waals surface area contributed by atoms with Gasteiger partial charge in [0.25, 0.3) is 0 Å². The second-order valence-electron chi connectivity index (χ2n) is 2.88. The van der Waals surface area contributed by atoms with Crippen LogP contribution in [0.15, 0.2) is 11.6 Å². The van der Waals surface area contributed by atoms with Gasteiger partial charge in [0.15, 0.2) is 0 Å². The van der Waals surface area contributed by atoms with E-state index in [4.69, 9.17) is 0 Å². The van der Waals surface area contributed by atoms with E-state index in [2.05, 4.69) is 35.6 Å². The van der Waals surface area contributed by atoms with Crippen LogP contribution in [0.25, 0.3) is 0 Å². The van der Waals surface area contributed by atoms with Crippen LogP contribution in [0.5, 0.6) is 0 Å². The molecule has 0 N–H and O–H groups in total. The van der Waals surface area contributed by atoms with Crippen LogP contribution >= 0.6 is 22.6 Å². The Morgan fingerprint density at radius 3 is 3.10 bits per heavy atom. The first-order chi connectivity index (χ1) is 4.88. The highest BCUT2D eigenvalue weighted by atomic mass is 127. The van der Waals surface area contributed by atoms with Gasteiger partial charge in [-0.15, -0.1) is 0 Å². The van der Waals surface area contributed by atoms with Crippen molar-refractivity contribution in [2.24, 2.45) is 5.92 Å². The molecule has 0 nitrogen and oxygen atoms in total. The summed E-state index contributed by atoms with van der Waals surface area (Å²) in [6, 6.07) is 0. The van der Waals surface area contributed by atoms with Gasteiger partial charge in [0, 0.05) is 4.43 Å². The van der Waals surface area contributed by atoms with Crippen molar-refractivity contribution in [3.63, 3.8) is 0 Å². The molecule has 0 heterocycles. The van der Waals surface area contributed by atoms with Gasteiger partial charge in [-0.1, -0.05) is 41.2 Å². The molecule has 58 valence electrons. The number of hydrogen-bond acceptors (Lipinski definition) is 0. The first-order valence-electron chi connectivity index (χ1n) is 4.13. The second-order valence-corrected chi connectivity index (χ2v) is 3.96. The molecule has 1 aliphatic carbocycles. The highest BCUT2D eigenvalue weighted by Crippen LogP contribution is 2.30. The predicted octanol–water partition coefficient (Wildman–Crippen LogP) is 3.56. The molecule has 1 rings (SSSR count). The minimum atomic E-state index is 0.946. The molecule has 0 spiro atoms. The summed E-state index contributed by atoms with van der Waals surface area (Å²) in [7, 11) is 0. The molecule has 0 bridgehead atoms. The molecule has 0 aromatic heterocycles. The number of allylic oxidation sites excluding steroid dienone is 2. The standard InChI is InChI=1S/C9H15I/c1-2-8-4-3-5-9(8)6-7-10/h4,9H,2-3,5-7H2,1H3. The Labute approximate surface area is 77.2 Å².